The smallest absolute Gasteiger partial charge is 0.0873 e. The summed E-state index contributed by atoms with van der Waals surface area (Å²) in [6, 6.07) is 8.93. The van der Waals surface area contributed by atoms with Gasteiger partial charge in [-0.15, -0.1) is 0 Å². The van der Waals surface area contributed by atoms with Gasteiger partial charge in [0, 0.05) is 0 Å². The minimum absolute atomic E-state index is 0.743. The van der Waals surface area contributed by atoms with Gasteiger partial charge in [0.1, 0.15) is 0 Å². The van der Waals surface area contributed by atoms with Crippen LogP contribution in [0.1, 0.15) is 42.4 Å². The second-order valence-corrected chi connectivity index (χ2v) is 5.03. The van der Waals surface area contributed by atoms with E-state index in [1.165, 1.54) is 29.2 Å². The number of hydrogen-bond donors (Lipinski definition) is 0. The first-order valence-corrected chi connectivity index (χ1v) is 7.65. The molecule has 1 aromatic rings. The highest BCUT2D eigenvalue weighted by atomic mass is 16.5. The Balaban J connectivity index is 2.30. The van der Waals surface area contributed by atoms with Gasteiger partial charge >= 0.3 is 0 Å². The van der Waals surface area contributed by atoms with E-state index in [0.29, 0.717) is 0 Å². The molecule has 0 atom stereocenters. The predicted octanol–water partition coefficient (Wildman–Crippen LogP) is 4.56. The van der Waals surface area contributed by atoms with Crippen LogP contribution in [0.5, 0.6) is 0 Å². The molecule has 0 aliphatic heterocycles. The summed E-state index contributed by atoms with van der Waals surface area (Å²) in [6.07, 6.45) is 9.38. The lowest BCUT2D eigenvalue weighted by Crippen LogP contribution is -1.97. The van der Waals surface area contributed by atoms with E-state index in [1.807, 2.05) is 0 Å². The van der Waals surface area contributed by atoms with Gasteiger partial charge in [-0.3, -0.25) is 0 Å². The van der Waals surface area contributed by atoms with E-state index in [1.54, 1.807) is 0 Å². The largest absolute Gasteiger partial charge is 0.502 e. The lowest BCUT2D eigenvalue weighted by molar-refractivity contribution is 0.243. The van der Waals surface area contributed by atoms with Crippen LogP contribution in [0.2, 0.25) is 0 Å². The molecule has 0 aliphatic carbocycles. The van der Waals surface area contributed by atoms with Gasteiger partial charge in [-0.25, -0.2) is 0 Å². The van der Waals surface area contributed by atoms with Gasteiger partial charge in [-0.05, 0) is 74.3 Å². The van der Waals surface area contributed by atoms with E-state index in [9.17, 15) is 0 Å². The number of aryl methyl sites for hydroxylation is 3. The molecule has 0 bridgehead atoms. The Morgan fingerprint density at radius 2 is 1.62 bits per heavy atom. The maximum Gasteiger partial charge on any atom is 0.0873 e. The molecule has 21 heavy (non-hydrogen) atoms. The Bertz CT molecular complexity index is 424. The normalized spacial score (nSPS) is 10.1. The van der Waals surface area contributed by atoms with E-state index in [0.717, 1.165) is 51.7 Å². The zero-order valence-electron chi connectivity index (χ0n) is 13.1. The van der Waals surface area contributed by atoms with Crippen LogP contribution in [0.25, 0.3) is 0 Å². The van der Waals surface area contributed by atoms with Crippen molar-refractivity contribution in [2.45, 2.75) is 45.4 Å². The summed E-state index contributed by atoms with van der Waals surface area (Å²) in [5.41, 5.74) is 3.76. The van der Waals surface area contributed by atoms with Gasteiger partial charge in [-0.2, -0.15) is 0 Å². The number of rotatable bonds is 12. The third-order valence-electron chi connectivity index (χ3n) is 3.37. The Kier molecular flexibility index (Phi) is 9.10. The monoisotopic (exact) mass is 286 g/mol. The Morgan fingerprint density at radius 1 is 1.00 bits per heavy atom. The van der Waals surface area contributed by atoms with E-state index >= 15 is 0 Å². The van der Waals surface area contributed by atoms with Crippen molar-refractivity contribution < 1.29 is 9.47 Å². The first kappa shape index (κ1) is 17.4. The van der Waals surface area contributed by atoms with Crippen molar-refractivity contribution in [1.82, 2.24) is 0 Å². The van der Waals surface area contributed by atoms with Crippen molar-refractivity contribution in [1.29, 1.82) is 0 Å². The molecule has 0 fully saturated rings. The average Bonchev–Trinajstić information content (AvgIpc) is 2.48. The summed E-state index contributed by atoms with van der Waals surface area (Å²) >= 11 is 0. The molecular formula is C19H26O2. The lowest BCUT2D eigenvalue weighted by Gasteiger charge is -2.08. The van der Waals surface area contributed by atoms with Crippen LogP contribution in [0.3, 0.4) is 0 Å². The molecule has 0 aromatic heterocycles. The fourth-order valence-corrected chi connectivity index (χ4v) is 2.17. The van der Waals surface area contributed by atoms with Crippen LogP contribution in [0, 0.1) is 19.1 Å². The van der Waals surface area contributed by atoms with Crippen molar-refractivity contribution >= 4 is 0 Å². The van der Waals surface area contributed by atoms with Gasteiger partial charge in [0.25, 0.3) is 0 Å². The van der Waals surface area contributed by atoms with E-state index < -0.39 is 0 Å². The molecule has 0 saturated carbocycles. The first-order chi connectivity index (χ1) is 10.3. The SMILES string of the molecule is C=COCCCCc1[c]cc(CCCCOC=C)c(C)[c]1. The molecule has 0 heterocycles. The molecule has 0 N–H and O–H groups in total. The summed E-state index contributed by atoms with van der Waals surface area (Å²) in [4.78, 5) is 0. The second-order valence-electron chi connectivity index (χ2n) is 5.03. The molecule has 0 aliphatic rings. The highest BCUT2D eigenvalue weighted by molar-refractivity contribution is 5.29. The summed E-state index contributed by atoms with van der Waals surface area (Å²) in [7, 11) is 0. The number of hydrogen-bond acceptors (Lipinski definition) is 2. The third-order valence-corrected chi connectivity index (χ3v) is 3.37. The third kappa shape index (κ3) is 7.60. The molecule has 2 nitrogen and oxygen atoms in total. The van der Waals surface area contributed by atoms with Crippen LogP contribution in [0.4, 0.5) is 0 Å². The zero-order chi connectivity index (χ0) is 15.3. The molecule has 2 heteroatoms. The number of unbranched alkanes of at least 4 members (excludes halogenated alkanes) is 2. The summed E-state index contributed by atoms with van der Waals surface area (Å²) in [5, 5.41) is 0. The molecular weight excluding hydrogens is 260 g/mol. The Labute approximate surface area is 129 Å². The highest BCUT2D eigenvalue weighted by Crippen LogP contribution is 2.14. The maximum atomic E-state index is 5.12. The quantitative estimate of drug-likeness (QED) is 0.414. The Morgan fingerprint density at radius 3 is 2.19 bits per heavy atom. The molecule has 0 amide bonds. The van der Waals surface area contributed by atoms with Crippen LogP contribution >= 0.6 is 0 Å². The molecule has 1 aromatic carbocycles. The van der Waals surface area contributed by atoms with Crippen LogP contribution < -0.4 is 0 Å². The van der Waals surface area contributed by atoms with Crippen molar-refractivity contribution in [3.8, 4) is 0 Å². The molecule has 114 valence electrons. The minimum atomic E-state index is 0.743. The molecule has 0 saturated heterocycles. The zero-order valence-corrected chi connectivity index (χ0v) is 13.1. The van der Waals surface area contributed by atoms with Crippen molar-refractivity contribution in [2.75, 3.05) is 13.2 Å². The fourth-order valence-electron chi connectivity index (χ4n) is 2.17. The summed E-state index contributed by atoms with van der Waals surface area (Å²) < 4.78 is 10.2. The van der Waals surface area contributed by atoms with Gasteiger partial charge in [0.05, 0.1) is 25.7 Å². The second kappa shape index (κ2) is 11.0. The van der Waals surface area contributed by atoms with Gasteiger partial charge < -0.3 is 9.47 Å². The first-order valence-electron chi connectivity index (χ1n) is 7.65. The van der Waals surface area contributed by atoms with Gasteiger partial charge in [0.2, 0.25) is 0 Å². The van der Waals surface area contributed by atoms with Crippen LogP contribution in [-0.2, 0) is 22.3 Å². The molecule has 0 spiro atoms. The highest BCUT2D eigenvalue weighted by Gasteiger charge is 2.02. The lowest BCUT2D eigenvalue weighted by atomic mass is 9.98. The molecule has 1 rings (SSSR count). The van der Waals surface area contributed by atoms with Crippen molar-refractivity contribution in [3.63, 3.8) is 0 Å². The van der Waals surface area contributed by atoms with Crippen LogP contribution in [-0.4, -0.2) is 13.2 Å². The Hall–Kier alpha value is -1.70. The fraction of sp³-hybridized carbons (Fsp3) is 0.474. The number of benzene rings is 1. The maximum absolute atomic E-state index is 5.12. The summed E-state index contributed by atoms with van der Waals surface area (Å²) in [6.45, 7) is 10.7. The number of ether oxygens (including phenoxy) is 2. The van der Waals surface area contributed by atoms with Crippen molar-refractivity contribution in [3.05, 3.63) is 60.6 Å². The van der Waals surface area contributed by atoms with Gasteiger partial charge in [0.15, 0.2) is 0 Å². The molecule has 0 unspecified atom stereocenters. The predicted molar refractivity (Wildman–Crippen MR) is 87.0 cm³/mol. The van der Waals surface area contributed by atoms with E-state index in [-0.39, 0.29) is 0 Å². The van der Waals surface area contributed by atoms with E-state index in [2.05, 4.69) is 38.3 Å². The van der Waals surface area contributed by atoms with Crippen LogP contribution in [0.15, 0.2) is 31.7 Å². The minimum Gasteiger partial charge on any atom is -0.502 e. The van der Waals surface area contributed by atoms with E-state index in [4.69, 9.17) is 9.47 Å². The van der Waals surface area contributed by atoms with Crippen molar-refractivity contribution in [2.24, 2.45) is 0 Å². The average molecular weight is 286 g/mol. The standard InChI is InChI=1S/C19H26O2/c1-4-20-14-8-6-10-18-12-13-19(17(3)16-18)11-7-9-15-21-5-2/h4-5,13H,1-2,6-11,14-15H2,3H3. The molecule has 2 radical (unpaired) electrons. The summed E-state index contributed by atoms with van der Waals surface area (Å²) in [5.74, 6) is 0. The topological polar surface area (TPSA) is 18.5 Å². The van der Waals surface area contributed by atoms with Gasteiger partial charge in [-0.1, -0.05) is 19.2 Å².